The van der Waals surface area contributed by atoms with Gasteiger partial charge in [-0.15, -0.1) is 11.3 Å². The van der Waals surface area contributed by atoms with Crippen molar-refractivity contribution in [2.45, 2.75) is 25.4 Å². The van der Waals surface area contributed by atoms with Crippen LogP contribution in [-0.2, 0) is 4.79 Å². The number of amides is 1. The summed E-state index contributed by atoms with van der Waals surface area (Å²) in [4.78, 5) is 23.4. The summed E-state index contributed by atoms with van der Waals surface area (Å²) in [6.45, 7) is 5.23. The molecule has 2 aliphatic heterocycles. The highest BCUT2D eigenvalue weighted by atomic mass is 35.5. The monoisotopic (exact) mass is 467 g/mol. The van der Waals surface area contributed by atoms with Crippen molar-refractivity contribution in [2.24, 2.45) is 0 Å². The van der Waals surface area contributed by atoms with E-state index in [1.165, 1.54) is 5.69 Å². The molecule has 0 spiro atoms. The lowest BCUT2D eigenvalue weighted by Crippen LogP contribution is -2.53. The number of nitrogens with zero attached hydrogens (tertiary/aromatic N) is 3. The van der Waals surface area contributed by atoms with E-state index in [1.807, 2.05) is 42.2 Å². The molecule has 2 saturated heterocycles. The van der Waals surface area contributed by atoms with Crippen LogP contribution >= 0.6 is 22.9 Å². The summed E-state index contributed by atoms with van der Waals surface area (Å²) in [6, 6.07) is 18.0. The fourth-order valence-electron chi connectivity index (χ4n) is 4.41. The Morgan fingerprint density at radius 1 is 1.06 bits per heavy atom. The number of hydrazine groups is 1. The molecule has 0 saturated carbocycles. The van der Waals surface area contributed by atoms with Gasteiger partial charge in [0.2, 0.25) is 5.91 Å². The smallest absolute Gasteiger partial charge is 0.241 e. The SMILES string of the molecule is Cc1nc(-c2cccc(Cl)c2)sc1C1CC(C(=O)N2CCN(c3ccccc3)CC2)NN1. The summed E-state index contributed by atoms with van der Waals surface area (Å²) in [5, 5.41) is 1.66. The molecule has 5 rings (SSSR count). The Morgan fingerprint density at radius 2 is 1.84 bits per heavy atom. The predicted molar refractivity (Wildman–Crippen MR) is 130 cm³/mol. The van der Waals surface area contributed by atoms with Crippen LogP contribution in [0, 0.1) is 6.92 Å². The summed E-state index contributed by atoms with van der Waals surface area (Å²) in [5.74, 6) is 0.171. The third kappa shape index (κ3) is 4.38. The van der Waals surface area contributed by atoms with Gasteiger partial charge < -0.3 is 9.80 Å². The van der Waals surface area contributed by atoms with Gasteiger partial charge in [-0.05, 0) is 37.6 Å². The van der Waals surface area contributed by atoms with E-state index in [2.05, 4.69) is 40.0 Å². The van der Waals surface area contributed by atoms with Gasteiger partial charge in [0.1, 0.15) is 11.0 Å². The number of aromatic nitrogens is 1. The van der Waals surface area contributed by atoms with Crippen LogP contribution in [0.15, 0.2) is 54.6 Å². The van der Waals surface area contributed by atoms with Crippen LogP contribution in [0.25, 0.3) is 10.6 Å². The number of nitrogens with one attached hydrogen (secondary N) is 2. The van der Waals surface area contributed by atoms with Crippen molar-refractivity contribution < 1.29 is 4.79 Å². The Hall–Kier alpha value is -2.45. The molecular formula is C24H26ClN5OS. The second-order valence-electron chi connectivity index (χ2n) is 8.26. The number of thiazole rings is 1. The van der Waals surface area contributed by atoms with Gasteiger partial charge in [0.15, 0.2) is 0 Å². The number of carbonyl (C=O) groups excluding carboxylic acids is 1. The van der Waals surface area contributed by atoms with Gasteiger partial charge in [-0.1, -0.05) is 41.9 Å². The molecule has 0 radical (unpaired) electrons. The molecule has 1 aromatic heterocycles. The van der Waals surface area contributed by atoms with E-state index in [9.17, 15) is 4.79 Å². The Labute approximate surface area is 197 Å². The van der Waals surface area contributed by atoms with E-state index >= 15 is 0 Å². The summed E-state index contributed by atoms with van der Waals surface area (Å²) in [5.41, 5.74) is 9.80. The Bertz CT molecular complexity index is 1100. The Balaban J connectivity index is 1.21. The largest absolute Gasteiger partial charge is 0.368 e. The molecule has 0 bridgehead atoms. The quantitative estimate of drug-likeness (QED) is 0.606. The van der Waals surface area contributed by atoms with Gasteiger partial charge in [-0.25, -0.2) is 15.8 Å². The van der Waals surface area contributed by atoms with E-state index in [0.29, 0.717) is 5.02 Å². The highest BCUT2D eigenvalue weighted by Crippen LogP contribution is 2.35. The minimum Gasteiger partial charge on any atom is -0.368 e. The fraction of sp³-hybridized carbons (Fsp3) is 0.333. The summed E-state index contributed by atoms with van der Waals surface area (Å²) >= 11 is 7.81. The predicted octanol–water partition coefficient (Wildman–Crippen LogP) is 4.03. The number of para-hydroxylation sites is 1. The van der Waals surface area contributed by atoms with E-state index in [4.69, 9.17) is 16.6 Å². The zero-order chi connectivity index (χ0) is 22.1. The number of hydrogen-bond acceptors (Lipinski definition) is 6. The van der Waals surface area contributed by atoms with Gasteiger partial charge in [0.25, 0.3) is 0 Å². The topological polar surface area (TPSA) is 60.5 Å². The van der Waals surface area contributed by atoms with Crippen LogP contribution < -0.4 is 15.8 Å². The number of hydrogen-bond donors (Lipinski definition) is 2. The van der Waals surface area contributed by atoms with Crippen LogP contribution in [0.4, 0.5) is 5.69 Å². The first-order chi connectivity index (χ1) is 15.6. The van der Waals surface area contributed by atoms with Gasteiger partial charge in [-0.3, -0.25) is 4.79 Å². The molecular weight excluding hydrogens is 442 g/mol. The maximum Gasteiger partial charge on any atom is 0.241 e. The van der Waals surface area contributed by atoms with Crippen molar-refractivity contribution in [3.8, 4) is 10.6 Å². The zero-order valence-corrected chi connectivity index (χ0v) is 19.5. The number of piperazine rings is 1. The lowest BCUT2D eigenvalue weighted by Gasteiger charge is -2.37. The number of carbonyl (C=O) groups is 1. The molecule has 2 aliphatic rings. The highest BCUT2D eigenvalue weighted by molar-refractivity contribution is 7.15. The maximum atomic E-state index is 13.1. The average molecular weight is 468 g/mol. The standard InChI is InChI=1S/C24H26ClN5OS/c1-16-22(32-23(26-16)17-6-5-7-18(25)14-17)20-15-21(28-27-20)24(31)30-12-10-29(11-13-30)19-8-3-2-4-9-19/h2-9,14,20-21,27-28H,10-13,15H2,1H3. The minimum absolute atomic E-state index is 0.0694. The molecule has 8 heteroatoms. The summed E-state index contributed by atoms with van der Waals surface area (Å²) in [7, 11) is 0. The van der Waals surface area contributed by atoms with Crippen LogP contribution in [0.2, 0.25) is 5.02 Å². The van der Waals surface area contributed by atoms with E-state index < -0.39 is 0 Å². The molecule has 2 N–H and O–H groups in total. The molecule has 3 aromatic rings. The normalized spacial score (nSPS) is 21.2. The van der Waals surface area contributed by atoms with E-state index in [-0.39, 0.29) is 18.0 Å². The molecule has 166 valence electrons. The second-order valence-corrected chi connectivity index (χ2v) is 9.72. The summed E-state index contributed by atoms with van der Waals surface area (Å²) in [6.07, 6.45) is 0.718. The number of anilines is 1. The van der Waals surface area contributed by atoms with Crippen molar-refractivity contribution in [1.82, 2.24) is 20.7 Å². The maximum absolute atomic E-state index is 13.1. The number of aryl methyl sites for hydroxylation is 1. The van der Waals surface area contributed by atoms with Crippen LogP contribution in [-0.4, -0.2) is 48.0 Å². The first-order valence-corrected chi connectivity index (χ1v) is 12.1. The fourth-order valence-corrected chi connectivity index (χ4v) is 5.73. The first kappa shape index (κ1) is 21.4. The molecule has 2 fully saturated rings. The lowest BCUT2D eigenvalue weighted by atomic mass is 10.1. The molecule has 3 heterocycles. The molecule has 2 aromatic carbocycles. The van der Waals surface area contributed by atoms with Crippen molar-refractivity contribution >= 4 is 34.5 Å². The molecule has 0 aliphatic carbocycles. The average Bonchev–Trinajstić information content (AvgIpc) is 3.46. The van der Waals surface area contributed by atoms with Crippen molar-refractivity contribution in [3.05, 3.63) is 70.2 Å². The number of rotatable bonds is 4. The van der Waals surface area contributed by atoms with Crippen LogP contribution in [0.1, 0.15) is 23.0 Å². The molecule has 32 heavy (non-hydrogen) atoms. The van der Waals surface area contributed by atoms with Crippen molar-refractivity contribution in [3.63, 3.8) is 0 Å². The zero-order valence-electron chi connectivity index (χ0n) is 17.9. The number of halogens is 1. The Morgan fingerprint density at radius 3 is 2.59 bits per heavy atom. The highest BCUT2D eigenvalue weighted by Gasteiger charge is 2.35. The summed E-state index contributed by atoms with van der Waals surface area (Å²) < 4.78 is 0. The van der Waals surface area contributed by atoms with E-state index in [1.54, 1.807) is 11.3 Å². The number of benzene rings is 2. The van der Waals surface area contributed by atoms with Crippen molar-refractivity contribution in [2.75, 3.05) is 31.1 Å². The van der Waals surface area contributed by atoms with Gasteiger partial charge in [0.05, 0.1) is 11.7 Å². The van der Waals surface area contributed by atoms with Crippen LogP contribution in [0.3, 0.4) is 0 Å². The lowest BCUT2D eigenvalue weighted by molar-refractivity contribution is -0.133. The van der Waals surface area contributed by atoms with Crippen molar-refractivity contribution in [1.29, 1.82) is 0 Å². The van der Waals surface area contributed by atoms with Gasteiger partial charge in [0, 0.05) is 47.3 Å². The molecule has 2 unspecified atom stereocenters. The Kier molecular flexibility index (Phi) is 6.15. The minimum atomic E-state index is -0.223. The molecule has 2 atom stereocenters. The first-order valence-electron chi connectivity index (χ1n) is 10.9. The van der Waals surface area contributed by atoms with Gasteiger partial charge in [-0.2, -0.15) is 0 Å². The molecule has 6 nitrogen and oxygen atoms in total. The third-order valence-corrected chi connectivity index (χ3v) is 7.69. The van der Waals surface area contributed by atoms with Gasteiger partial charge >= 0.3 is 0 Å². The molecule has 1 amide bonds. The van der Waals surface area contributed by atoms with E-state index in [0.717, 1.165) is 53.7 Å². The third-order valence-electron chi connectivity index (χ3n) is 6.13. The second kappa shape index (κ2) is 9.19. The van der Waals surface area contributed by atoms with Crippen LogP contribution in [0.5, 0.6) is 0 Å².